The van der Waals surface area contributed by atoms with Crippen molar-refractivity contribution in [2.75, 3.05) is 6.79 Å². The van der Waals surface area contributed by atoms with Crippen molar-refractivity contribution in [3.05, 3.63) is 52.8 Å². The van der Waals surface area contributed by atoms with E-state index in [2.05, 4.69) is 4.98 Å². The Morgan fingerprint density at radius 1 is 1.30 bits per heavy atom. The topological polar surface area (TPSA) is 62.6 Å². The van der Waals surface area contributed by atoms with Crippen LogP contribution < -0.4 is 9.47 Å². The van der Waals surface area contributed by atoms with Crippen LogP contribution >= 0.6 is 11.6 Å². The number of hydrogen-bond acceptors (Lipinski definition) is 5. The normalized spacial score (nSPS) is 14.0. The van der Waals surface area contributed by atoms with Crippen molar-refractivity contribution in [3.63, 3.8) is 0 Å². The van der Waals surface area contributed by atoms with E-state index in [1.807, 2.05) is 0 Å². The summed E-state index contributed by atoms with van der Waals surface area (Å²) in [6.07, 6.45) is -1.01. The van der Waals surface area contributed by atoms with Crippen LogP contribution in [-0.4, -0.2) is 22.3 Å². The molecule has 0 fully saturated rings. The summed E-state index contributed by atoms with van der Waals surface area (Å²) in [7, 11) is 0. The van der Waals surface area contributed by atoms with Crippen LogP contribution in [0.15, 0.2) is 36.4 Å². The molecule has 0 radical (unpaired) electrons. The van der Waals surface area contributed by atoms with E-state index in [4.69, 9.17) is 25.8 Å². The molecule has 0 N–H and O–H groups in total. The third-order valence-electron chi connectivity index (χ3n) is 4.13. The number of hydrogen-bond donors (Lipinski definition) is 0. The SMILES string of the molecule is C[C@H](OC(=O)c1cc(Cl)c2c(c1)OCO2)c1nc2ccccc2n1C(F)F. The van der Waals surface area contributed by atoms with Gasteiger partial charge in [0.25, 0.3) is 0 Å². The molecule has 0 saturated heterocycles. The maximum absolute atomic E-state index is 13.5. The molecule has 0 aliphatic carbocycles. The molecule has 140 valence electrons. The Morgan fingerprint density at radius 2 is 2.07 bits per heavy atom. The van der Waals surface area contributed by atoms with Gasteiger partial charge in [0.1, 0.15) is 0 Å². The van der Waals surface area contributed by atoms with Crippen molar-refractivity contribution >= 4 is 28.6 Å². The second-order valence-corrected chi connectivity index (χ2v) is 6.25. The smallest absolute Gasteiger partial charge is 0.339 e. The van der Waals surface area contributed by atoms with Gasteiger partial charge in [-0.05, 0) is 31.2 Å². The summed E-state index contributed by atoms with van der Waals surface area (Å²) in [5, 5.41) is 0.199. The Kier molecular flexibility index (Phi) is 4.35. The van der Waals surface area contributed by atoms with E-state index in [0.29, 0.717) is 17.0 Å². The van der Waals surface area contributed by atoms with Crippen LogP contribution in [0.5, 0.6) is 11.5 Å². The van der Waals surface area contributed by atoms with Crippen molar-refractivity contribution < 1.29 is 27.8 Å². The molecule has 0 amide bonds. The van der Waals surface area contributed by atoms with Gasteiger partial charge in [0, 0.05) is 0 Å². The van der Waals surface area contributed by atoms with Crippen LogP contribution in [0, 0.1) is 0 Å². The molecule has 0 bridgehead atoms. The zero-order valence-electron chi connectivity index (χ0n) is 14.0. The highest BCUT2D eigenvalue weighted by Gasteiger charge is 2.26. The molecule has 4 rings (SSSR count). The molecule has 3 aromatic rings. The minimum atomic E-state index is -2.83. The van der Waals surface area contributed by atoms with E-state index in [0.717, 1.165) is 4.57 Å². The van der Waals surface area contributed by atoms with Crippen molar-refractivity contribution in [1.29, 1.82) is 0 Å². The lowest BCUT2D eigenvalue weighted by Gasteiger charge is -2.15. The first-order chi connectivity index (χ1) is 13.0. The van der Waals surface area contributed by atoms with E-state index in [9.17, 15) is 13.6 Å². The van der Waals surface area contributed by atoms with Crippen LogP contribution in [-0.2, 0) is 4.74 Å². The Balaban J connectivity index is 1.64. The molecular formula is C18H13ClF2N2O4. The zero-order valence-corrected chi connectivity index (χ0v) is 14.7. The maximum Gasteiger partial charge on any atom is 0.339 e. The molecule has 0 saturated carbocycles. The third-order valence-corrected chi connectivity index (χ3v) is 4.41. The average molecular weight is 395 g/mol. The van der Waals surface area contributed by atoms with Crippen LogP contribution in [0.4, 0.5) is 8.78 Å². The number of aromatic nitrogens is 2. The number of carbonyl (C=O) groups excluding carboxylic acids is 1. The van der Waals surface area contributed by atoms with Gasteiger partial charge in [-0.2, -0.15) is 8.78 Å². The molecular weight excluding hydrogens is 382 g/mol. The van der Waals surface area contributed by atoms with Gasteiger partial charge < -0.3 is 14.2 Å². The summed E-state index contributed by atoms with van der Waals surface area (Å²) in [6, 6.07) is 9.28. The predicted molar refractivity (Wildman–Crippen MR) is 92.4 cm³/mol. The van der Waals surface area contributed by atoms with Gasteiger partial charge in [-0.1, -0.05) is 23.7 Å². The van der Waals surface area contributed by atoms with Gasteiger partial charge >= 0.3 is 12.5 Å². The Morgan fingerprint density at radius 3 is 2.85 bits per heavy atom. The minimum Gasteiger partial charge on any atom is -0.454 e. The largest absolute Gasteiger partial charge is 0.454 e. The van der Waals surface area contributed by atoms with Crippen molar-refractivity contribution in [2.24, 2.45) is 0 Å². The molecule has 1 aromatic heterocycles. The highest BCUT2D eigenvalue weighted by atomic mass is 35.5. The fraction of sp³-hybridized carbons (Fsp3) is 0.222. The number of esters is 1. The lowest BCUT2D eigenvalue weighted by Crippen LogP contribution is -2.14. The fourth-order valence-electron chi connectivity index (χ4n) is 2.92. The predicted octanol–water partition coefficient (Wildman–Crippen LogP) is 4.73. The highest BCUT2D eigenvalue weighted by Crippen LogP contribution is 2.40. The monoisotopic (exact) mass is 394 g/mol. The summed E-state index contributed by atoms with van der Waals surface area (Å²) in [5.41, 5.74) is 0.772. The lowest BCUT2D eigenvalue weighted by molar-refractivity contribution is 0.0233. The summed E-state index contributed by atoms with van der Waals surface area (Å²) < 4.78 is 43.6. The number of halogens is 3. The minimum absolute atomic E-state index is 0.00235. The molecule has 27 heavy (non-hydrogen) atoms. The Bertz CT molecular complexity index is 1040. The zero-order chi connectivity index (χ0) is 19.1. The van der Waals surface area contributed by atoms with E-state index in [1.165, 1.54) is 25.1 Å². The Labute approximate surface area is 157 Å². The molecule has 1 atom stereocenters. The first kappa shape index (κ1) is 17.5. The molecule has 6 nitrogen and oxygen atoms in total. The van der Waals surface area contributed by atoms with Gasteiger partial charge in [-0.15, -0.1) is 0 Å². The van der Waals surface area contributed by atoms with Crippen LogP contribution in [0.25, 0.3) is 11.0 Å². The van der Waals surface area contributed by atoms with Gasteiger partial charge in [0.05, 0.1) is 21.6 Å². The molecule has 2 aromatic carbocycles. The van der Waals surface area contributed by atoms with Gasteiger partial charge in [-0.25, -0.2) is 9.78 Å². The molecule has 9 heteroatoms. The number of fused-ring (bicyclic) bond motifs is 2. The molecule has 1 aliphatic heterocycles. The van der Waals surface area contributed by atoms with Crippen molar-refractivity contribution in [2.45, 2.75) is 19.6 Å². The number of benzene rings is 2. The second kappa shape index (κ2) is 6.70. The Hall–Kier alpha value is -2.87. The third kappa shape index (κ3) is 3.06. The number of carbonyl (C=O) groups is 1. The van der Waals surface area contributed by atoms with Gasteiger partial charge in [-0.3, -0.25) is 4.57 Å². The second-order valence-electron chi connectivity index (χ2n) is 5.85. The fourth-order valence-corrected chi connectivity index (χ4v) is 3.19. The first-order valence-corrected chi connectivity index (χ1v) is 8.38. The summed E-state index contributed by atoms with van der Waals surface area (Å²) in [5.74, 6) is -0.121. The van der Waals surface area contributed by atoms with Gasteiger partial charge in [0.2, 0.25) is 6.79 Å². The quantitative estimate of drug-likeness (QED) is 0.598. The lowest BCUT2D eigenvalue weighted by atomic mass is 10.2. The molecule has 2 heterocycles. The van der Waals surface area contributed by atoms with Crippen LogP contribution in [0.1, 0.15) is 35.8 Å². The van der Waals surface area contributed by atoms with Crippen LogP contribution in [0.3, 0.4) is 0 Å². The standard InChI is InChI=1S/C18H13ClF2N2O4/c1-9(16-22-12-4-2-3-5-13(12)23(16)18(20)21)27-17(24)10-6-11(19)15-14(7-10)25-8-26-15/h2-7,9,18H,8H2,1H3/t9-/m0/s1. The number of ether oxygens (including phenoxy) is 3. The molecule has 1 aliphatic rings. The van der Waals surface area contributed by atoms with Gasteiger partial charge in [0.15, 0.2) is 23.4 Å². The summed E-state index contributed by atoms with van der Waals surface area (Å²) in [4.78, 5) is 16.7. The summed E-state index contributed by atoms with van der Waals surface area (Å²) in [6.45, 7) is -1.34. The number of nitrogens with zero attached hydrogens (tertiary/aromatic N) is 2. The van der Waals surface area contributed by atoms with Crippen LogP contribution in [0.2, 0.25) is 5.02 Å². The molecule has 0 unspecified atom stereocenters. The van der Waals surface area contributed by atoms with E-state index in [1.54, 1.807) is 18.2 Å². The highest BCUT2D eigenvalue weighted by molar-refractivity contribution is 6.32. The van der Waals surface area contributed by atoms with Crippen molar-refractivity contribution in [3.8, 4) is 11.5 Å². The number of para-hydroxylation sites is 2. The van der Waals surface area contributed by atoms with E-state index < -0.39 is 18.6 Å². The first-order valence-electron chi connectivity index (χ1n) is 8.01. The number of imidazole rings is 1. The maximum atomic E-state index is 13.5. The van der Waals surface area contributed by atoms with Crippen molar-refractivity contribution in [1.82, 2.24) is 9.55 Å². The van der Waals surface area contributed by atoms with E-state index in [-0.39, 0.29) is 28.7 Å². The number of rotatable bonds is 4. The average Bonchev–Trinajstić information content (AvgIpc) is 3.26. The summed E-state index contributed by atoms with van der Waals surface area (Å²) >= 11 is 6.06. The number of alkyl halides is 2. The van der Waals surface area contributed by atoms with E-state index >= 15 is 0 Å². The molecule has 0 spiro atoms.